The van der Waals surface area contributed by atoms with Crippen molar-refractivity contribution in [3.05, 3.63) is 0 Å². The Morgan fingerprint density at radius 1 is 1.44 bits per heavy atom. The number of hydrogen-bond acceptors (Lipinski definition) is 2. The highest BCUT2D eigenvalue weighted by Crippen LogP contribution is 2.17. The zero-order chi connectivity index (χ0) is 12.0. The summed E-state index contributed by atoms with van der Waals surface area (Å²) < 4.78 is 0. The van der Waals surface area contributed by atoms with E-state index in [1.54, 1.807) is 0 Å². The lowest BCUT2D eigenvalue weighted by atomic mass is 9.96. The van der Waals surface area contributed by atoms with E-state index >= 15 is 0 Å². The maximum Gasteiger partial charge on any atom is 0.315 e. The molecule has 1 aliphatic rings. The Morgan fingerprint density at radius 2 is 2.06 bits per heavy atom. The predicted molar refractivity (Wildman–Crippen MR) is 64.5 cm³/mol. The highest BCUT2D eigenvalue weighted by Gasteiger charge is 2.18. The number of hydrogen-bond donors (Lipinski definition) is 4. The third-order valence-corrected chi connectivity index (χ3v) is 3.03. The molecule has 0 aromatic rings. The van der Waals surface area contributed by atoms with Crippen LogP contribution in [0.2, 0.25) is 0 Å². The van der Waals surface area contributed by atoms with Gasteiger partial charge >= 0.3 is 6.03 Å². The van der Waals surface area contributed by atoms with Gasteiger partial charge in [0.15, 0.2) is 0 Å². The zero-order valence-electron chi connectivity index (χ0n) is 9.88. The molecule has 92 valence electrons. The van der Waals surface area contributed by atoms with Crippen LogP contribution in [0.4, 0.5) is 4.79 Å². The molecule has 5 heteroatoms. The number of nitrogens with one attached hydrogen (secondary N) is 3. The van der Waals surface area contributed by atoms with Crippen molar-refractivity contribution in [2.45, 2.75) is 57.5 Å². The molecule has 1 fully saturated rings. The van der Waals surface area contributed by atoms with Gasteiger partial charge in [-0.2, -0.15) is 0 Å². The van der Waals surface area contributed by atoms with Crippen molar-refractivity contribution in [1.29, 1.82) is 5.41 Å². The number of rotatable bonds is 4. The second-order valence-electron chi connectivity index (χ2n) is 4.37. The van der Waals surface area contributed by atoms with Crippen LogP contribution >= 0.6 is 0 Å². The van der Waals surface area contributed by atoms with Gasteiger partial charge in [-0.15, -0.1) is 0 Å². The highest BCUT2D eigenvalue weighted by atomic mass is 16.2. The molecule has 1 aliphatic carbocycles. The molecule has 0 aromatic heterocycles. The zero-order valence-corrected chi connectivity index (χ0v) is 9.88. The molecule has 0 bridgehead atoms. The summed E-state index contributed by atoms with van der Waals surface area (Å²) in [5.41, 5.74) is 5.37. The number of carbonyl (C=O) groups is 1. The minimum Gasteiger partial charge on any atom is -0.386 e. The highest BCUT2D eigenvalue weighted by molar-refractivity contribution is 5.87. The van der Waals surface area contributed by atoms with Crippen LogP contribution in [-0.4, -0.2) is 24.0 Å². The topological polar surface area (TPSA) is 91.0 Å². The van der Waals surface area contributed by atoms with E-state index in [9.17, 15) is 4.79 Å². The molecule has 16 heavy (non-hydrogen) atoms. The van der Waals surface area contributed by atoms with Crippen LogP contribution in [0.3, 0.4) is 0 Å². The third-order valence-electron chi connectivity index (χ3n) is 3.03. The lowest BCUT2D eigenvalue weighted by molar-refractivity contribution is 0.231. The molecule has 0 aromatic carbocycles. The molecule has 1 atom stereocenters. The van der Waals surface area contributed by atoms with Crippen LogP contribution in [0.25, 0.3) is 0 Å². The summed E-state index contributed by atoms with van der Waals surface area (Å²) in [5, 5.41) is 12.9. The molecule has 1 saturated carbocycles. The minimum absolute atomic E-state index is 0.0151. The first kappa shape index (κ1) is 12.8. The summed E-state index contributed by atoms with van der Waals surface area (Å²) in [4.78, 5) is 11.6. The van der Waals surface area contributed by atoms with Gasteiger partial charge in [-0.25, -0.2) is 4.79 Å². The van der Waals surface area contributed by atoms with Crippen molar-refractivity contribution in [2.75, 3.05) is 0 Å². The molecule has 0 spiro atoms. The third kappa shape index (κ3) is 4.08. The van der Waals surface area contributed by atoms with E-state index in [4.69, 9.17) is 11.1 Å². The van der Waals surface area contributed by atoms with Crippen molar-refractivity contribution in [3.8, 4) is 0 Å². The van der Waals surface area contributed by atoms with Gasteiger partial charge in [0.25, 0.3) is 0 Å². The number of amides is 2. The maximum absolute atomic E-state index is 11.6. The molecule has 2 amide bonds. The van der Waals surface area contributed by atoms with Gasteiger partial charge in [0.05, 0.1) is 6.04 Å². The first-order valence-electron chi connectivity index (χ1n) is 6.04. The van der Waals surface area contributed by atoms with E-state index in [2.05, 4.69) is 10.6 Å². The quantitative estimate of drug-likeness (QED) is 0.430. The van der Waals surface area contributed by atoms with Gasteiger partial charge < -0.3 is 16.4 Å². The fraction of sp³-hybridized carbons (Fsp3) is 0.818. The van der Waals surface area contributed by atoms with E-state index in [-0.39, 0.29) is 17.9 Å². The summed E-state index contributed by atoms with van der Waals surface area (Å²) in [7, 11) is 0. The first-order valence-corrected chi connectivity index (χ1v) is 6.04. The standard InChI is InChI=1S/C11H22N4O/c1-2-9(10(12)13)15-11(16)14-8-6-4-3-5-7-8/h8-9H,2-7H2,1H3,(H3,12,13)(H2,14,15,16). The van der Waals surface area contributed by atoms with Crippen molar-refractivity contribution in [2.24, 2.45) is 5.73 Å². The second-order valence-corrected chi connectivity index (χ2v) is 4.37. The van der Waals surface area contributed by atoms with Gasteiger partial charge in [-0.3, -0.25) is 5.41 Å². The SMILES string of the molecule is CCC(NC(=O)NC1CCCCC1)C(=N)N. The van der Waals surface area contributed by atoms with Gasteiger partial charge in [0, 0.05) is 6.04 Å². The average molecular weight is 226 g/mol. The van der Waals surface area contributed by atoms with E-state index in [0.717, 1.165) is 12.8 Å². The van der Waals surface area contributed by atoms with E-state index in [1.807, 2.05) is 6.92 Å². The molecule has 0 radical (unpaired) electrons. The molecule has 1 rings (SSSR count). The molecular formula is C11H22N4O. The Kier molecular flexibility index (Phi) is 5.08. The first-order chi connectivity index (χ1) is 7.63. The van der Waals surface area contributed by atoms with Gasteiger partial charge in [-0.05, 0) is 19.3 Å². The van der Waals surface area contributed by atoms with Crippen LogP contribution in [0.5, 0.6) is 0 Å². The average Bonchev–Trinajstić information content (AvgIpc) is 2.27. The fourth-order valence-electron chi connectivity index (χ4n) is 2.03. The van der Waals surface area contributed by atoms with Crippen molar-refractivity contribution >= 4 is 11.9 Å². The maximum atomic E-state index is 11.6. The van der Waals surface area contributed by atoms with Crippen LogP contribution in [0.1, 0.15) is 45.4 Å². The van der Waals surface area contributed by atoms with Crippen LogP contribution in [0.15, 0.2) is 0 Å². The van der Waals surface area contributed by atoms with Crippen molar-refractivity contribution in [3.63, 3.8) is 0 Å². The molecule has 5 N–H and O–H groups in total. The van der Waals surface area contributed by atoms with E-state index < -0.39 is 0 Å². The van der Waals surface area contributed by atoms with Gasteiger partial charge in [0.2, 0.25) is 0 Å². The summed E-state index contributed by atoms with van der Waals surface area (Å²) >= 11 is 0. The van der Waals surface area contributed by atoms with Gasteiger partial charge in [-0.1, -0.05) is 26.2 Å². The van der Waals surface area contributed by atoms with Crippen molar-refractivity contribution < 1.29 is 4.79 Å². The Labute approximate surface area is 96.7 Å². The summed E-state index contributed by atoms with van der Waals surface area (Å²) in [6, 6.07) is -0.254. The molecule has 0 saturated heterocycles. The fourth-order valence-corrected chi connectivity index (χ4v) is 2.03. The van der Waals surface area contributed by atoms with Crippen LogP contribution < -0.4 is 16.4 Å². The van der Waals surface area contributed by atoms with E-state index in [0.29, 0.717) is 12.5 Å². The van der Waals surface area contributed by atoms with Crippen LogP contribution in [-0.2, 0) is 0 Å². The number of nitrogens with two attached hydrogens (primary N) is 1. The minimum atomic E-state index is -0.344. The Morgan fingerprint density at radius 3 is 2.56 bits per heavy atom. The Bertz CT molecular complexity index is 248. The summed E-state index contributed by atoms with van der Waals surface area (Å²) in [6.07, 6.45) is 6.41. The normalized spacial score (nSPS) is 18.8. The summed E-state index contributed by atoms with van der Waals surface area (Å²) in [6.45, 7) is 1.90. The lowest BCUT2D eigenvalue weighted by Crippen LogP contribution is -2.50. The molecule has 5 nitrogen and oxygen atoms in total. The second kappa shape index (κ2) is 6.35. The Balaban J connectivity index is 2.31. The Hall–Kier alpha value is -1.26. The van der Waals surface area contributed by atoms with Crippen molar-refractivity contribution in [1.82, 2.24) is 10.6 Å². The smallest absolute Gasteiger partial charge is 0.315 e. The molecular weight excluding hydrogens is 204 g/mol. The van der Waals surface area contributed by atoms with E-state index in [1.165, 1.54) is 19.3 Å². The number of carbonyl (C=O) groups excluding carboxylic acids is 1. The predicted octanol–water partition coefficient (Wildman–Crippen LogP) is 1.33. The van der Waals surface area contributed by atoms with Crippen LogP contribution in [0, 0.1) is 5.41 Å². The largest absolute Gasteiger partial charge is 0.386 e. The summed E-state index contributed by atoms with van der Waals surface area (Å²) in [5.74, 6) is 0.0151. The lowest BCUT2D eigenvalue weighted by Gasteiger charge is -2.24. The van der Waals surface area contributed by atoms with Gasteiger partial charge in [0.1, 0.15) is 5.84 Å². The number of urea groups is 1. The monoisotopic (exact) mass is 226 g/mol. The molecule has 0 heterocycles. The molecule has 1 unspecified atom stereocenters. The molecule has 0 aliphatic heterocycles. The number of amidine groups is 1.